The molecule has 6 heteroatoms. The number of allylic oxidation sites excluding steroid dienone is 4. The van der Waals surface area contributed by atoms with Gasteiger partial charge in [-0.1, -0.05) is 18.2 Å². The second-order valence-electron chi connectivity index (χ2n) is 6.50. The molecule has 1 saturated heterocycles. The Morgan fingerprint density at radius 1 is 1.32 bits per heavy atom. The van der Waals surface area contributed by atoms with E-state index in [1.165, 1.54) is 6.08 Å². The van der Waals surface area contributed by atoms with Gasteiger partial charge in [0.05, 0.1) is 30.4 Å². The Hall–Kier alpha value is -3.01. The molecule has 1 unspecified atom stereocenters. The number of fused-ring (bicyclic) bond motifs is 1. The van der Waals surface area contributed by atoms with E-state index in [9.17, 15) is 4.39 Å². The summed E-state index contributed by atoms with van der Waals surface area (Å²) in [6.45, 7) is 5.32. The molecule has 1 fully saturated rings. The number of nitrogens with zero attached hydrogens (tertiary/aromatic N) is 1. The van der Waals surface area contributed by atoms with Crippen molar-refractivity contribution in [3.8, 4) is 6.07 Å². The Labute approximate surface area is 164 Å². The molecule has 1 aromatic carbocycles. The Morgan fingerprint density at radius 2 is 2.07 bits per heavy atom. The van der Waals surface area contributed by atoms with Gasteiger partial charge in [-0.25, -0.2) is 4.39 Å². The maximum atomic E-state index is 13.0. The highest BCUT2D eigenvalue weighted by atomic mass is 19.1. The molecule has 0 bridgehead atoms. The lowest BCUT2D eigenvalue weighted by molar-refractivity contribution is -0.0979. The first-order valence-electron chi connectivity index (χ1n) is 8.82. The molecular formula is C22H24FN3O2. The summed E-state index contributed by atoms with van der Waals surface area (Å²) in [6.07, 6.45) is 7.66. The number of hydrogen-bond donors (Lipinski definition) is 2. The van der Waals surface area contributed by atoms with Gasteiger partial charge in [0.1, 0.15) is 13.0 Å². The Morgan fingerprint density at radius 3 is 2.68 bits per heavy atom. The first-order chi connectivity index (χ1) is 13.6. The van der Waals surface area contributed by atoms with Crippen LogP contribution in [0.15, 0.2) is 60.2 Å². The Kier molecular flexibility index (Phi) is 7.44. The molecule has 28 heavy (non-hydrogen) atoms. The number of H-pyrrole nitrogens is 1. The average molecular weight is 381 g/mol. The number of nitriles is 1. The van der Waals surface area contributed by atoms with Gasteiger partial charge >= 0.3 is 0 Å². The second kappa shape index (κ2) is 9.79. The van der Waals surface area contributed by atoms with E-state index in [-0.39, 0.29) is 5.54 Å². The van der Waals surface area contributed by atoms with E-state index < -0.39 is 6.17 Å². The van der Waals surface area contributed by atoms with Crippen LogP contribution in [0, 0.1) is 18.3 Å². The Balaban J connectivity index is 0.000000186. The maximum absolute atomic E-state index is 13.0. The number of hydrogen-bond acceptors (Lipinski definition) is 4. The molecule has 1 atom stereocenters. The number of alkyl halides is 1. The van der Waals surface area contributed by atoms with Crippen molar-refractivity contribution in [1.82, 2.24) is 10.3 Å². The number of benzene rings is 1. The van der Waals surface area contributed by atoms with Gasteiger partial charge in [0.25, 0.3) is 0 Å². The number of nitrogens with one attached hydrogen (secondary N) is 2. The maximum Gasteiger partial charge on any atom is 0.137 e. The zero-order valence-electron chi connectivity index (χ0n) is 16.0. The van der Waals surface area contributed by atoms with Gasteiger partial charge in [0, 0.05) is 16.6 Å². The quantitative estimate of drug-likeness (QED) is 0.834. The van der Waals surface area contributed by atoms with E-state index in [2.05, 4.69) is 16.4 Å². The van der Waals surface area contributed by atoms with Gasteiger partial charge in [-0.15, -0.1) is 0 Å². The van der Waals surface area contributed by atoms with E-state index >= 15 is 0 Å². The first-order valence-corrected chi connectivity index (χ1v) is 8.82. The smallest absolute Gasteiger partial charge is 0.137 e. The number of ether oxygens (including phenoxy) is 1. The normalized spacial score (nSPS) is 19.1. The predicted octanol–water partition coefficient (Wildman–Crippen LogP) is 3.53. The zero-order valence-corrected chi connectivity index (χ0v) is 16.0. The second-order valence-corrected chi connectivity index (χ2v) is 6.50. The number of carbonyl (C=O) groups is 1. The van der Waals surface area contributed by atoms with Crippen molar-refractivity contribution in [1.29, 1.82) is 5.26 Å². The van der Waals surface area contributed by atoms with Crippen LogP contribution in [0.3, 0.4) is 0 Å². The van der Waals surface area contributed by atoms with E-state index in [0.717, 1.165) is 22.2 Å². The number of carbonyl (C=O) groups excluding carboxylic acids is 1. The van der Waals surface area contributed by atoms with Gasteiger partial charge in [-0.05, 0) is 56.0 Å². The van der Waals surface area contributed by atoms with Crippen molar-refractivity contribution in [3.05, 3.63) is 71.5 Å². The van der Waals surface area contributed by atoms with E-state index in [1.54, 1.807) is 12.2 Å². The molecule has 2 N–H and O–H groups in total. The summed E-state index contributed by atoms with van der Waals surface area (Å²) in [5.41, 5.74) is 3.90. The third-order valence-corrected chi connectivity index (χ3v) is 4.64. The SMILES string of the molecule is C=O.CNC1(C2=CC=CC(F)C=C2)COC1.Cc1cc2cc(C#N)ccc2[nH]1. The fraction of sp³-hybridized carbons (Fsp3) is 0.273. The standard InChI is InChI=1S/C11H14FNO.C10H8N2.CH2O/c1-13-11(7-14-8-11)9-3-2-4-10(12)6-5-9;1-7-4-9-5-8(6-11)2-3-10(9)12-7;1-2/h2-6,10,13H,7-8H2,1H3;2-5,12H,1H3;1H2. The molecule has 0 amide bonds. The lowest BCUT2D eigenvalue weighted by Crippen LogP contribution is -2.60. The minimum Gasteiger partial charge on any atom is -0.377 e. The van der Waals surface area contributed by atoms with Crippen LogP contribution in [0.25, 0.3) is 10.9 Å². The molecule has 2 aliphatic rings. The van der Waals surface area contributed by atoms with Crippen LogP contribution >= 0.6 is 0 Å². The first kappa shape index (κ1) is 21.3. The largest absolute Gasteiger partial charge is 0.377 e. The van der Waals surface area contributed by atoms with Gasteiger partial charge in [-0.3, -0.25) is 0 Å². The highest BCUT2D eigenvalue weighted by Gasteiger charge is 2.39. The number of halogens is 1. The van der Waals surface area contributed by atoms with Crippen molar-refractivity contribution in [2.75, 3.05) is 20.3 Å². The summed E-state index contributed by atoms with van der Waals surface area (Å²) in [5.74, 6) is 0. The summed E-state index contributed by atoms with van der Waals surface area (Å²) < 4.78 is 18.2. The van der Waals surface area contributed by atoms with Crippen LogP contribution in [0.4, 0.5) is 4.39 Å². The van der Waals surface area contributed by atoms with Crippen molar-refractivity contribution >= 4 is 17.7 Å². The number of aryl methyl sites for hydroxylation is 1. The van der Waals surface area contributed by atoms with Gasteiger partial charge in [0.2, 0.25) is 0 Å². The Bertz CT molecular complexity index is 927. The van der Waals surface area contributed by atoms with Gasteiger partial charge in [-0.2, -0.15) is 5.26 Å². The summed E-state index contributed by atoms with van der Waals surface area (Å²) >= 11 is 0. The highest BCUT2D eigenvalue weighted by molar-refractivity contribution is 5.81. The van der Waals surface area contributed by atoms with Gasteiger partial charge in [0.15, 0.2) is 0 Å². The van der Waals surface area contributed by atoms with E-state index in [1.807, 2.05) is 57.2 Å². The molecule has 146 valence electrons. The predicted molar refractivity (Wildman–Crippen MR) is 109 cm³/mol. The van der Waals surface area contributed by atoms with Crippen LogP contribution in [-0.4, -0.2) is 43.7 Å². The topological polar surface area (TPSA) is 77.9 Å². The minimum absolute atomic E-state index is 0.106. The minimum atomic E-state index is -0.973. The monoisotopic (exact) mass is 381 g/mol. The third kappa shape index (κ3) is 4.83. The number of rotatable bonds is 2. The molecule has 0 saturated carbocycles. The molecule has 0 radical (unpaired) electrons. The number of likely N-dealkylation sites (N-methyl/N-ethyl adjacent to an activating group) is 1. The molecule has 4 rings (SSSR count). The van der Waals surface area contributed by atoms with Crippen LogP contribution < -0.4 is 5.32 Å². The van der Waals surface area contributed by atoms with Crippen molar-refractivity contribution in [2.45, 2.75) is 18.6 Å². The average Bonchev–Trinajstić information content (AvgIpc) is 2.92. The molecule has 2 heterocycles. The highest BCUT2D eigenvalue weighted by Crippen LogP contribution is 2.28. The van der Waals surface area contributed by atoms with Crippen LogP contribution in [-0.2, 0) is 9.53 Å². The lowest BCUT2D eigenvalue weighted by atomic mass is 9.87. The molecule has 0 spiro atoms. The third-order valence-electron chi connectivity index (χ3n) is 4.64. The summed E-state index contributed by atoms with van der Waals surface area (Å²) in [7, 11) is 1.90. The van der Waals surface area contributed by atoms with Gasteiger partial charge < -0.3 is 19.8 Å². The van der Waals surface area contributed by atoms with Crippen LogP contribution in [0.5, 0.6) is 0 Å². The molecule has 1 aliphatic carbocycles. The fourth-order valence-electron chi connectivity index (χ4n) is 3.01. The lowest BCUT2D eigenvalue weighted by Gasteiger charge is -2.42. The van der Waals surface area contributed by atoms with Crippen LogP contribution in [0.2, 0.25) is 0 Å². The zero-order chi connectivity index (χ0) is 20.6. The van der Waals surface area contributed by atoms with Crippen molar-refractivity contribution < 1.29 is 13.9 Å². The number of aromatic nitrogens is 1. The van der Waals surface area contributed by atoms with Crippen molar-refractivity contribution in [3.63, 3.8) is 0 Å². The summed E-state index contributed by atoms with van der Waals surface area (Å²) in [6, 6.07) is 9.79. The molecule has 2 aromatic rings. The van der Waals surface area contributed by atoms with E-state index in [0.29, 0.717) is 18.8 Å². The number of aromatic amines is 1. The van der Waals surface area contributed by atoms with E-state index in [4.69, 9.17) is 14.8 Å². The fourth-order valence-corrected chi connectivity index (χ4v) is 3.01. The molecule has 1 aliphatic heterocycles. The van der Waals surface area contributed by atoms with Crippen molar-refractivity contribution in [2.24, 2.45) is 0 Å². The summed E-state index contributed by atoms with van der Waals surface area (Å²) in [5, 5.41) is 13.0. The molecule has 1 aromatic heterocycles. The summed E-state index contributed by atoms with van der Waals surface area (Å²) in [4.78, 5) is 11.2. The molecular weight excluding hydrogens is 357 g/mol. The molecule has 5 nitrogen and oxygen atoms in total. The van der Waals surface area contributed by atoms with Crippen LogP contribution in [0.1, 0.15) is 11.3 Å².